The Morgan fingerprint density at radius 1 is 1.12 bits per heavy atom. The number of anilines is 1. The van der Waals surface area contributed by atoms with Crippen molar-refractivity contribution in [2.75, 3.05) is 18.4 Å². The highest BCUT2D eigenvalue weighted by Crippen LogP contribution is 2.23. The Bertz CT molecular complexity index is 887. The van der Waals surface area contributed by atoms with Gasteiger partial charge in [0.25, 0.3) is 5.79 Å². The van der Waals surface area contributed by atoms with Gasteiger partial charge in [0.05, 0.1) is 0 Å². The van der Waals surface area contributed by atoms with Crippen LogP contribution in [0.25, 0.3) is 0 Å². The van der Waals surface area contributed by atoms with Crippen LogP contribution in [0.4, 0.5) is 10.5 Å². The molecule has 9 nitrogen and oxygen atoms in total. The maximum absolute atomic E-state index is 12.2. The van der Waals surface area contributed by atoms with Crippen molar-refractivity contribution in [3.8, 4) is 0 Å². The van der Waals surface area contributed by atoms with Crippen molar-refractivity contribution in [2.45, 2.75) is 71.4 Å². The molecule has 2 aliphatic heterocycles. The van der Waals surface area contributed by atoms with Crippen LogP contribution in [-0.2, 0) is 30.3 Å². The summed E-state index contributed by atoms with van der Waals surface area (Å²) in [5, 5.41) is 6.47. The van der Waals surface area contributed by atoms with Crippen LogP contribution in [0, 0.1) is 0 Å². The zero-order chi connectivity index (χ0) is 24.2. The molecule has 0 aromatic heterocycles. The van der Waals surface area contributed by atoms with E-state index in [-0.39, 0.29) is 11.7 Å². The molecule has 2 saturated heterocycles. The van der Waals surface area contributed by atoms with Crippen LogP contribution in [0.15, 0.2) is 36.0 Å². The minimum atomic E-state index is -1.26. The van der Waals surface area contributed by atoms with Crippen LogP contribution in [0.3, 0.4) is 0 Å². The van der Waals surface area contributed by atoms with Gasteiger partial charge >= 0.3 is 18.0 Å². The Balaban J connectivity index is 1.44. The fourth-order valence-corrected chi connectivity index (χ4v) is 3.51. The van der Waals surface area contributed by atoms with Crippen molar-refractivity contribution >= 4 is 23.7 Å². The molecule has 33 heavy (non-hydrogen) atoms. The number of hydrogen-bond acceptors (Lipinski definition) is 8. The summed E-state index contributed by atoms with van der Waals surface area (Å²) >= 11 is 0. The van der Waals surface area contributed by atoms with Crippen molar-refractivity contribution in [3.63, 3.8) is 0 Å². The van der Waals surface area contributed by atoms with Crippen LogP contribution < -0.4 is 10.6 Å². The van der Waals surface area contributed by atoms with E-state index >= 15 is 0 Å². The first-order valence-corrected chi connectivity index (χ1v) is 11.2. The number of carbonyl (C=O) groups excluding carboxylic acids is 3. The van der Waals surface area contributed by atoms with Gasteiger partial charge in [0.1, 0.15) is 5.60 Å². The van der Waals surface area contributed by atoms with Gasteiger partial charge in [0.2, 0.25) is 0 Å². The molecule has 0 spiro atoms. The fraction of sp³-hybridized carbons (Fsp3) is 0.542. The number of hydrogen-bond donors (Lipinski definition) is 2. The first-order valence-electron chi connectivity index (χ1n) is 11.2. The largest absolute Gasteiger partial charge is 0.444 e. The van der Waals surface area contributed by atoms with Gasteiger partial charge in [-0.2, -0.15) is 0 Å². The van der Waals surface area contributed by atoms with E-state index in [0.29, 0.717) is 25.7 Å². The third kappa shape index (κ3) is 7.21. The third-order valence-electron chi connectivity index (χ3n) is 5.20. The molecule has 0 unspecified atom stereocenters. The molecular weight excluding hydrogens is 426 g/mol. The van der Waals surface area contributed by atoms with E-state index in [1.165, 1.54) is 20.0 Å². The van der Waals surface area contributed by atoms with E-state index in [1.54, 1.807) is 4.90 Å². The second-order valence-electron chi connectivity index (χ2n) is 9.70. The molecular formula is C24H33N3O6. The SMILES string of the molecule is CC(C)(C)OC(=O)N1CCC(NCc2ccc(NC=C3C(=O)OC(C)(C)OC3=O)cc2)CC1. The van der Waals surface area contributed by atoms with Crippen molar-refractivity contribution in [3.05, 3.63) is 41.6 Å². The third-order valence-corrected chi connectivity index (χ3v) is 5.20. The Kier molecular flexibility index (Phi) is 7.31. The first-order chi connectivity index (χ1) is 15.4. The second kappa shape index (κ2) is 9.82. The van der Waals surface area contributed by atoms with Crippen molar-refractivity contribution < 1.29 is 28.6 Å². The molecule has 0 radical (unpaired) electrons. The van der Waals surface area contributed by atoms with Gasteiger partial charge < -0.3 is 29.7 Å². The number of amides is 1. The fourth-order valence-electron chi connectivity index (χ4n) is 3.51. The lowest BCUT2D eigenvalue weighted by Gasteiger charge is -2.33. The Morgan fingerprint density at radius 3 is 2.24 bits per heavy atom. The summed E-state index contributed by atoms with van der Waals surface area (Å²) in [6.07, 6.45) is 2.79. The van der Waals surface area contributed by atoms with E-state index in [0.717, 1.165) is 24.1 Å². The minimum absolute atomic E-state index is 0.183. The number of rotatable bonds is 5. The zero-order valence-electron chi connectivity index (χ0n) is 19.9. The molecule has 0 saturated carbocycles. The van der Waals surface area contributed by atoms with Crippen LogP contribution >= 0.6 is 0 Å². The molecule has 9 heteroatoms. The van der Waals surface area contributed by atoms with Crippen molar-refractivity contribution in [1.82, 2.24) is 10.2 Å². The van der Waals surface area contributed by atoms with Gasteiger partial charge in [-0.05, 0) is 51.3 Å². The molecule has 1 aromatic rings. The van der Waals surface area contributed by atoms with Crippen LogP contribution in [-0.4, -0.2) is 53.5 Å². The number of nitrogens with zero attached hydrogens (tertiary/aromatic N) is 1. The van der Waals surface area contributed by atoms with Gasteiger partial charge in [0.15, 0.2) is 5.57 Å². The lowest BCUT2D eigenvalue weighted by atomic mass is 10.0. The highest BCUT2D eigenvalue weighted by atomic mass is 16.7. The number of carbonyl (C=O) groups is 3. The molecule has 2 heterocycles. The average molecular weight is 460 g/mol. The number of piperidine rings is 1. The summed E-state index contributed by atoms with van der Waals surface area (Å²) in [5.74, 6) is -2.70. The first kappa shape index (κ1) is 24.6. The molecule has 0 bridgehead atoms. The lowest BCUT2D eigenvalue weighted by Crippen LogP contribution is -2.46. The lowest BCUT2D eigenvalue weighted by molar-refractivity contribution is -0.222. The molecule has 180 valence electrons. The topological polar surface area (TPSA) is 106 Å². The molecule has 2 fully saturated rings. The van der Waals surface area contributed by atoms with E-state index in [2.05, 4.69) is 10.6 Å². The summed E-state index contributed by atoms with van der Waals surface area (Å²) < 4.78 is 15.6. The maximum Gasteiger partial charge on any atom is 0.410 e. The Hall–Kier alpha value is -3.07. The summed E-state index contributed by atoms with van der Waals surface area (Å²) in [4.78, 5) is 37.9. The van der Waals surface area contributed by atoms with E-state index < -0.39 is 23.3 Å². The number of benzene rings is 1. The molecule has 0 atom stereocenters. The van der Waals surface area contributed by atoms with Gasteiger partial charge in [-0.25, -0.2) is 14.4 Å². The van der Waals surface area contributed by atoms with Gasteiger partial charge in [-0.15, -0.1) is 0 Å². The van der Waals surface area contributed by atoms with Crippen LogP contribution in [0.5, 0.6) is 0 Å². The van der Waals surface area contributed by atoms with Gasteiger partial charge in [0, 0.05) is 51.4 Å². The summed E-state index contributed by atoms with van der Waals surface area (Å²) in [5.41, 5.74) is 1.16. The number of ether oxygens (including phenoxy) is 3. The Morgan fingerprint density at radius 2 is 1.70 bits per heavy atom. The summed E-state index contributed by atoms with van der Waals surface area (Å²) in [6.45, 7) is 10.7. The molecule has 2 N–H and O–H groups in total. The molecule has 1 aromatic carbocycles. The number of cyclic esters (lactones) is 2. The predicted molar refractivity (Wildman–Crippen MR) is 122 cm³/mol. The second-order valence-corrected chi connectivity index (χ2v) is 9.70. The summed E-state index contributed by atoms with van der Waals surface area (Å²) in [6, 6.07) is 7.98. The molecule has 2 aliphatic rings. The van der Waals surface area contributed by atoms with Crippen molar-refractivity contribution in [1.29, 1.82) is 0 Å². The maximum atomic E-state index is 12.2. The molecule has 3 rings (SSSR count). The molecule has 0 aliphatic carbocycles. The quantitative estimate of drug-likeness (QED) is 0.392. The highest BCUT2D eigenvalue weighted by molar-refractivity contribution is 6.15. The zero-order valence-corrected chi connectivity index (χ0v) is 19.9. The predicted octanol–water partition coefficient (Wildman–Crippen LogP) is 3.31. The van der Waals surface area contributed by atoms with Crippen molar-refractivity contribution in [2.24, 2.45) is 0 Å². The number of esters is 2. The normalized spacial score (nSPS) is 18.9. The number of likely N-dealkylation sites (tertiary alicyclic amines) is 1. The van der Waals surface area contributed by atoms with Gasteiger partial charge in [-0.3, -0.25) is 0 Å². The smallest absolute Gasteiger partial charge is 0.410 e. The standard InChI is InChI=1S/C24H33N3O6/c1-23(2,3)33-22(30)27-12-10-18(11-13-27)25-14-16-6-8-17(9-7-16)26-15-19-20(28)31-24(4,5)32-21(19)29/h6-9,15,18,25-26H,10-14H2,1-5H3. The van der Waals surface area contributed by atoms with E-state index in [4.69, 9.17) is 14.2 Å². The van der Waals surface area contributed by atoms with Crippen LogP contribution in [0.1, 0.15) is 53.0 Å². The monoisotopic (exact) mass is 459 g/mol. The average Bonchev–Trinajstić information content (AvgIpc) is 2.71. The minimum Gasteiger partial charge on any atom is -0.444 e. The van der Waals surface area contributed by atoms with Crippen LogP contribution in [0.2, 0.25) is 0 Å². The molecule has 1 amide bonds. The van der Waals surface area contributed by atoms with Gasteiger partial charge in [-0.1, -0.05) is 12.1 Å². The van der Waals surface area contributed by atoms with E-state index in [1.807, 2.05) is 45.0 Å². The number of nitrogens with one attached hydrogen (secondary N) is 2. The highest BCUT2D eigenvalue weighted by Gasteiger charge is 2.39. The van der Waals surface area contributed by atoms with E-state index in [9.17, 15) is 14.4 Å². The Labute approximate surface area is 194 Å². The summed E-state index contributed by atoms with van der Waals surface area (Å²) in [7, 11) is 0.